The second-order valence-electron chi connectivity index (χ2n) is 6.35. The maximum atomic E-state index is 8.86. The largest absolute Gasteiger partial charge is 0.372 e. The molecule has 1 saturated heterocycles. The van der Waals surface area contributed by atoms with Crippen LogP contribution in [0.3, 0.4) is 0 Å². The molecule has 0 bridgehead atoms. The van der Waals surface area contributed by atoms with Crippen LogP contribution in [-0.2, 0) is 0 Å². The highest BCUT2D eigenvalue weighted by molar-refractivity contribution is 5.61. The molecule has 0 atom stereocenters. The summed E-state index contributed by atoms with van der Waals surface area (Å²) in [5.74, 6) is 0.994. The minimum Gasteiger partial charge on any atom is -0.372 e. The second-order valence-corrected chi connectivity index (χ2v) is 6.35. The summed E-state index contributed by atoms with van der Waals surface area (Å²) in [7, 11) is 0. The van der Waals surface area contributed by atoms with Crippen molar-refractivity contribution in [3.05, 3.63) is 60.3 Å². The third-order valence-electron chi connectivity index (χ3n) is 4.44. The lowest BCUT2D eigenvalue weighted by molar-refractivity contribution is 0.949. The van der Waals surface area contributed by atoms with Gasteiger partial charge in [0.05, 0.1) is 17.8 Å². The fraction of sp³-hybridized carbons (Fsp3) is 0.200. The summed E-state index contributed by atoms with van der Waals surface area (Å²) in [6, 6.07) is 17.5. The fourth-order valence-corrected chi connectivity index (χ4v) is 3.05. The molecular weight excluding hydrogens is 338 g/mol. The van der Waals surface area contributed by atoms with Crippen molar-refractivity contribution >= 4 is 28.8 Å². The first-order valence-electron chi connectivity index (χ1n) is 8.89. The Morgan fingerprint density at radius 2 is 1.56 bits per heavy atom. The average molecular weight is 357 g/mol. The van der Waals surface area contributed by atoms with Crippen LogP contribution in [0.4, 0.5) is 28.8 Å². The summed E-state index contributed by atoms with van der Waals surface area (Å²) in [6.07, 6.45) is 4.08. The zero-order valence-corrected chi connectivity index (χ0v) is 14.8. The highest BCUT2D eigenvalue weighted by Gasteiger charge is 2.12. The van der Waals surface area contributed by atoms with Crippen LogP contribution in [0.2, 0.25) is 0 Å². The number of anilines is 5. The number of nitriles is 1. The van der Waals surface area contributed by atoms with Gasteiger partial charge in [0.2, 0.25) is 5.95 Å². The van der Waals surface area contributed by atoms with Crippen LogP contribution in [0, 0.1) is 11.3 Å². The Hall–Kier alpha value is -3.66. The lowest BCUT2D eigenvalue weighted by atomic mass is 10.2. The monoisotopic (exact) mass is 357 g/mol. The molecule has 0 aliphatic carbocycles. The Morgan fingerprint density at radius 1 is 0.889 bits per heavy atom. The van der Waals surface area contributed by atoms with Crippen molar-refractivity contribution in [3.63, 3.8) is 0 Å². The van der Waals surface area contributed by atoms with Gasteiger partial charge in [0.1, 0.15) is 0 Å². The Balaban J connectivity index is 1.43. The summed E-state index contributed by atoms with van der Waals surface area (Å²) in [5.41, 5.74) is 3.60. The van der Waals surface area contributed by atoms with E-state index in [9.17, 15) is 0 Å². The zero-order chi connectivity index (χ0) is 18.5. The van der Waals surface area contributed by atoms with Crippen molar-refractivity contribution in [3.8, 4) is 6.07 Å². The third-order valence-corrected chi connectivity index (χ3v) is 4.44. The standard InChI is InChI=1S/C20H19N7/c21-13-15-3-5-16(6-4-15)23-19-14-22-26-20(25-19)24-17-7-9-18(10-8-17)27-11-1-2-12-27/h3-10,14H,1-2,11-12H2,(H2,23,24,25,26). The van der Waals surface area contributed by atoms with Gasteiger partial charge in [0.15, 0.2) is 5.82 Å². The van der Waals surface area contributed by atoms with E-state index in [-0.39, 0.29) is 0 Å². The van der Waals surface area contributed by atoms with Gasteiger partial charge in [0.25, 0.3) is 0 Å². The summed E-state index contributed by atoms with van der Waals surface area (Å²) in [4.78, 5) is 6.83. The van der Waals surface area contributed by atoms with Gasteiger partial charge in [-0.2, -0.15) is 15.3 Å². The molecule has 2 heterocycles. The van der Waals surface area contributed by atoms with E-state index in [2.05, 4.69) is 48.9 Å². The molecule has 27 heavy (non-hydrogen) atoms. The summed E-state index contributed by atoms with van der Waals surface area (Å²) in [5, 5.41) is 23.2. The van der Waals surface area contributed by atoms with Crippen molar-refractivity contribution in [2.75, 3.05) is 28.6 Å². The highest BCUT2D eigenvalue weighted by Crippen LogP contribution is 2.23. The summed E-state index contributed by atoms with van der Waals surface area (Å²) in [6.45, 7) is 2.26. The molecule has 1 fully saturated rings. The predicted molar refractivity (Wildman–Crippen MR) is 105 cm³/mol. The molecule has 1 aliphatic rings. The molecule has 7 heteroatoms. The second kappa shape index (κ2) is 7.70. The number of nitrogens with one attached hydrogen (secondary N) is 2. The van der Waals surface area contributed by atoms with E-state index in [0.717, 1.165) is 24.5 Å². The van der Waals surface area contributed by atoms with E-state index in [1.165, 1.54) is 18.5 Å². The van der Waals surface area contributed by atoms with Gasteiger partial charge in [-0.1, -0.05) is 0 Å². The van der Waals surface area contributed by atoms with Gasteiger partial charge in [-0.3, -0.25) is 0 Å². The molecule has 7 nitrogen and oxygen atoms in total. The lowest BCUT2D eigenvalue weighted by Crippen LogP contribution is -2.17. The van der Waals surface area contributed by atoms with E-state index in [0.29, 0.717) is 17.3 Å². The van der Waals surface area contributed by atoms with Crippen LogP contribution in [0.25, 0.3) is 0 Å². The minimum atomic E-state index is 0.419. The summed E-state index contributed by atoms with van der Waals surface area (Å²) < 4.78 is 0. The number of rotatable bonds is 5. The van der Waals surface area contributed by atoms with Gasteiger partial charge in [-0.05, 0) is 61.4 Å². The molecule has 134 valence electrons. The molecule has 0 saturated carbocycles. The number of aromatic nitrogens is 3. The van der Waals surface area contributed by atoms with Gasteiger partial charge >= 0.3 is 0 Å². The maximum absolute atomic E-state index is 8.86. The molecule has 0 radical (unpaired) electrons. The molecule has 1 aromatic heterocycles. The first-order chi connectivity index (χ1) is 13.3. The maximum Gasteiger partial charge on any atom is 0.249 e. The predicted octanol–water partition coefficient (Wildman–Crippen LogP) is 3.83. The van der Waals surface area contributed by atoms with Crippen LogP contribution in [0.5, 0.6) is 0 Å². The Bertz CT molecular complexity index is 939. The normalized spacial score (nSPS) is 13.2. The van der Waals surface area contributed by atoms with Crippen molar-refractivity contribution in [1.82, 2.24) is 15.2 Å². The van der Waals surface area contributed by atoms with Crippen LogP contribution < -0.4 is 15.5 Å². The van der Waals surface area contributed by atoms with E-state index in [1.54, 1.807) is 18.3 Å². The molecule has 2 N–H and O–H groups in total. The fourth-order valence-electron chi connectivity index (χ4n) is 3.05. The van der Waals surface area contributed by atoms with E-state index >= 15 is 0 Å². The van der Waals surface area contributed by atoms with Crippen molar-refractivity contribution in [1.29, 1.82) is 5.26 Å². The highest BCUT2D eigenvalue weighted by atomic mass is 15.3. The number of hydrogen-bond donors (Lipinski definition) is 2. The number of hydrogen-bond acceptors (Lipinski definition) is 7. The van der Waals surface area contributed by atoms with Gasteiger partial charge in [-0.25, -0.2) is 0 Å². The quantitative estimate of drug-likeness (QED) is 0.717. The lowest BCUT2D eigenvalue weighted by Gasteiger charge is -2.17. The molecule has 3 aromatic rings. The van der Waals surface area contributed by atoms with Gasteiger partial charge in [-0.15, -0.1) is 5.10 Å². The first-order valence-corrected chi connectivity index (χ1v) is 8.89. The molecular formula is C20H19N7. The average Bonchev–Trinajstić information content (AvgIpc) is 3.24. The topological polar surface area (TPSA) is 89.8 Å². The molecule has 0 amide bonds. The molecule has 2 aromatic carbocycles. The molecule has 0 spiro atoms. The minimum absolute atomic E-state index is 0.419. The van der Waals surface area contributed by atoms with Crippen molar-refractivity contribution < 1.29 is 0 Å². The smallest absolute Gasteiger partial charge is 0.249 e. The van der Waals surface area contributed by atoms with Crippen LogP contribution in [0.15, 0.2) is 54.7 Å². The zero-order valence-electron chi connectivity index (χ0n) is 14.8. The van der Waals surface area contributed by atoms with Crippen LogP contribution in [0.1, 0.15) is 18.4 Å². The SMILES string of the molecule is N#Cc1ccc(Nc2cnnc(Nc3ccc(N4CCCC4)cc3)n2)cc1. The van der Waals surface area contributed by atoms with Crippen LogP contribution in [-0.4, -0.2) is 28.3 Å². The first kappa shape index (κ1) is 16.8. The van der Waals surface area contributed by atoms with Crippen LogP contribution >= 0.6 is 0 Å². The Kier molecular flexibility index (Phi) is 4.79. The Labute approximate surface area is 157 Å². The summed E-state index contributed by atoms with van der Waals surface area (Å²) >= 11 is 0. The number of nitrogens with zero attached hydrogens (tertiary/aromatic N) is 5. The van der Waals surface area contributed by atoms with Crippen molar-refractivity contribution in [2.24, 2.45) is 0 Å². The van der Waals surface area contributed by atoms with Gasteiger partial charge in [0, 0.05) is 30.2 Å². The van der Waals surface area contributed by atoms with E-state index < -0.39 is 0 Å². The van der Waals surface area contributed by atoms with Gasteiger partial charge < -0.3 is 15.5 Å². The van der Waals surface area contributed by atoms with E-state index in [4.69, 9.17) is 5.26 Å². The van der Waals surface area contributed by atoms with E-state index in [1.807, 2.05) is 24.3 Å². The third kappa shape index (κ3) is 4.12. The molecule has 0 unspecified atom stereocenters. The Morgan fingerprint density at radius 3 is 2.26 bits per heavy atom. The number of benzene rings is 2. The molecule has 4 rings (SSSR count). The van der Waals surface area contributed by atoms with Crippen molar-refractivity contribution in [2.45, 2.75) is 12.8 Å². The molecule has 1 aliphatic heterocycles.